The Bertz CT molecular complexity index is 489. The molecule has 0 atom stereocenters. The molecule has 0 radical (unpaired) electrons. The number of guanidine groups is 1. The number of hydrogen-bond acceptors (Lipinski definition) is 3. The molecule has 0 heterocycles. The first-order chi connectivity index (χ1) is 9.43. The van der Waals surface area contributed by atoms with Crippen LogP contribution < -0.4 is 5.73 Å². The Hall–Kier alpha value is -2.24. The lowest BCUT2D eigenvalue weighted by atomic mass is 10.0. The summed E-state index contributed by atoms with van der Waals surface area (Å²) in [6.45, 7) is 0.709. The van der Waals surface area contributed by atoms with Crippen molar-refractivity contribution in [3.05, 3.63) is 29.3 Å². The van der Waals surface area contributed by atoms with Gasteiger partial charge in [0.05, 0.1) is 0 Å². The Morgan fingerprint density at radius 1 is 1.35 bits per heavy atom. The highest BCUT2D eigenvalue weighted by Crippen LogP contribution is 2.22. The van der Waals surface area contributed by atoms with Gasteiger partial charge in [0.25, 0.3) is 0 Å². The van der Waals surface area contributed by atoms with E-state index < -0.39 is 5.97 Å². The van der Waals surface area contributed by atoms with Crippen LogP contribution in [0.3, 0.4) is 0 Å². The van der Waals surface area contributed by atoms with Crippen LogP contribution in [0.25, 0.3) is 0 Å². The molecule has 0 aliphatic carbocycles. The van der Waals surface area contributed by atoms with Gasteiger partial charge in [0.2, 0.25) is 0 Å². The molecule has 0 unspecified atom stereocenters. The van der Waals surface area contributed by atoms with E-state index in [2.05, 4.69) is 0 Å². The zero-order valence-corrected chi connectivity index (χ0v) is 11.6. The van der Waals surface area contributed by atoms with E-state index in [1.807, 2.05) is 0 Å². The Balaban J connectivity index is 2.45. The SMILES string of the molecule is CN(CCCCCc1cccc(O)c1C(=O)O)C(=N)N. The van der Waals surface area contributed by atoms with Gasteiger partial charge < -0.3 is 20.8 Å². The lowest BCUT2D eigenvalue weighted by Gasteiger charge is -2.16. The maximum Gasteiger partial charge on any atom is 0.339 e. The molecule has 5 N–H and O–H groups in total. The largest absolute Gasteiger partial charge is 0.507 e. The van der Waals surface area contributed by atoms with Crippen LogP contribution >= 0.6 is 0 Å². The Kier molecular flexibility index (Phi) is 5.83. The smallest absolute Gasteiger partial charge is 0.339 e. The summed E-state index contributed by atoms with van der Waals surface area (Å²) in [6, 6.07) is 4.76. The first kappa shape index (κ1) is 15.8. The number of carbonyl (C=O) groups is 1. The molecule has 0 aliphatic heterocycles. The van der Waals surface area contributed by atoms with E-state index >= 15 is 0 Å². The minimum atomic E-state index is -1.10. The van der Waals surface area contributed by atoms with Crippen molar-refractivity contribution in [2.24, 2.45) is 5.73 Å². The van der Waals surface area contributed by atoms with Crippen molar-refractivity contribution in [3.8, 4) is 5.75 Å². The highest BCUT2D eigenvalue weighted by molar-refractivity contribution is 5.92. The van der Waals surface area contributed by atoms with Crippen LogP contribution in [0.1, 0.15) is 35.2 Å². The number of benzene rings is 1. The van der Waals surface area contributed by atoms with Gasteiger partial charge in [0, 0.05) is 13.6 Å². The molecule has 0 fully saturated rings. The molecule has 6 nitrogen and oxygen atoms in total. The normalized spacial score (nSPS) is 10.2. The van der Waals surface area contributed by atoms with Crippen molar-refractivity contribution in [2.45, 2.75) is 25.7 Å². The van der Waals surface area contributed by atoms with E-state index in [1.54, 1.807) is 24.1 Å². The summed E-state index contributed by atoms with van der Waals surface area (Å²) in [7, 11) is 1.76. The maximum absolute atomic E-state index is 11.1. The molecule has 1 rings (SSSR count). The van der Waals surface area contributed by atoms with Gasteiger partial charge in [-0.25, -0.2) is 4.79 Å². The number of aromatic hydroxyl groups is 1. The molecule has 0 saturated heterocycles. The van der Waals surface area contributed by atoms with E-state index in [1.165, 1.54) is 6.07 Å². The molecular formula is C14H21N3O3. The third-order valence-electron chi connectivity index (χ3n) is 3.19. The van der Waals surface area contributed by atoms with Crippen molar-refractivity contribution in [3.63, 3.8) is 0 Å². The number of aromatic carboxylic acids is 1. The second-order valence-corrected chi connectivity index (χ2v) is 4.73. The van der Waals surface area contributed by atoms with Gasteiger partial charge >= 0.3 is 5.97 Å². The first-order valence-electron chi connectivity index (χ1n) is 6.52. The minimum Gasteiger partial charge on any atom is -0.507 e. The highest BCUT2D eigenvalue weighted by Gasteiger charge is 2.14. The van der Waals surface area contributed by atoms with Crippen LogP contribution in [-0.4, -0.2) is 40.6 Å². The van der Waals surface area contributed by atoms with Crippen molar-refractivity contribution in [1.29, 1.82) is 5.41 Å². The molecule has 110 valence electrons. The second kappa shape index (κ2) is 7.37. The number of carboxylic acid groups (broad SMARTS) is 1. The van der Waals surface area contributed by atoms with Crippen molar-refractivity contribution in [2.75, 3.05) is 13.6 Å². The van der Waals surface area contributed by atoms with Gasteiger partial charge in [-0.05, 0) is 30.9 Å². The standard InChI is InChI=1S/C14H21N3O3/c1-17(14(15)16)9-4-2-3-6-10-7-5-8-11(18)12(10)13(19)20/h5,7-8,18H,2-4,6,9H2,1H3,(H3,15,16)(H,19,20). The van der Waals surface area contributed by atoms with Crippen LogP contribution in [0.15, 0.2) is 18.2 Å². The molecule has 6 heteroatoms. The molecular weight excluding hydrogens is 258 g/mol. The second-order valence-electron chi connectivity index (χ2n) is 4.73. The minimum absolute atomic E-state index is 0.00615. The number of rotatable bonds is 7. The van der Waals surface area contributed by atoms with E-state index in [0.717, 1.165) is 19.3 Å². The number of nitrogens with two attached hydrogens (primary N) is 1. The lowest BCUT2D eigenvalue weighted by Crippen LogP contribution is -2.33. The summed E-state index contributed by atoms with van der Waals surface area (Å²) in [6.07, 6.45) is 3.24. The van der Waals surface area contributed by atoms with Crippen molar-refractivity contribution < 1.29 is 15.0 Å². The summed E-state index contributed by atoms with van der Waals surface area (Å²) >= 11 is 0. The number of aryl methyl sites for hydroxylation is 1. The van der Waals surface area contributed by atoms with Gasteiger partial charge in [-0.1, -0.05) is 18.6 Å². The number of nitrogens with zero attached hydrogens (tertiary/aromatic N) is 1. The number of unbranched alkanes of at least 4 members (excludes halogenated alkanes) is 2. The molecule has 0 spiro atoms. The Morgan fingerprint density at radius 3 is 2.65 bits per heavy atom. The monoisotopic (exact) mass is 279 g/mol. The third kappa shape index (κ3) is 4.46. The quantitative estimate of drug-likeness (QED) is 0.344. The molecule has 0 bridgehead atoms. The van der Waals surface area contributed by atoms with Crippen LogP contribution in [0.2, 0.25) is 0 Å². The number of nitrogens with one attached hydrogen (secondary N) is 1. The third-order valence-corrected chi connectivity index (χ3v) is 3.19. The van der Waals surface area contributed by atoms with Crippen LogP contribution in [0, 0.1) is 5.41 Å². The van der Waals surface area contributed by atoms with Gasteiger partial charge in [0.15, 0.2) is 5.96 Å². The predicted octanol–water partition coefficient (Wildman–Crippen LogP) is 1.63. The van der Waals surface area contributed by atoms with E-state index in [-0.39, 0.29) is 17.3 Å². The number of carboxylic acids is 1. The Morgan fingerprint density at radius 2 is 2.05 bits per heavy atom. The van der Waals surface area contributed by atoms with E-state index in [4.69, 9.17) is 16.2 Å². The van der Waals surface area contributed by atoms with Gasteiger partial charge in [-0.2, -0.15) is 0 Å². The van der Waals surface area contributed by atoms with E-state index in [0.29, 0.717) is 18.5 Å². The molecule has 0 saturated carbocycles. The summed E-state index contributed by atoms with van der Waals surface area (Å²) in [5.41, 5.74) is 5.97. The van der Waals surface area contributed by atoms with Crippen molar-refractivity contribution >= 4 is 11.9 Å². The molecule has 0 aromatic heterocycles. The fraction of sp³-hybridized carbons (Fsp3) is 0.429. The van der Waals surface area contributed by atoms with E-state index in [9.17, 15) is 9.90 Å². The van der Waals surface area contributed by atoms with Gasteiger partial charge in [-0.15, -0.1) is 0 Å². The fourth-order valence-electron chi connectivity index (χ4n) is 2.00. The summed E-state index contributed by atoms with van der Waals surface area (Å²) in [5, 5.41) is 25.9. The maximum atomic E-state index is 11.1. The topological polar surface area (TPSA) is 111 Å². The molecule has 1 aromatic carbocycles. The molecule has 20 heavy (non-hydrogen) atoms. The Labute approximate surface area is 118 Å². The zero-order chi connectivity index (χ0) is 15.1. The zero-order valence-electron chi connectivity index (χ0n) is 11.6. The average Bonchev–Trinajstić information content (AvgIpc) is 2.37. The molecule has 0 amide bonds. The van der Waals surface area contributed by atoms with Gasteiger partial charge in [-0.3, -0.25) is 5.41 Å². The fourth-order valence-corrected chi connectivity index (χ4v) is 2.00. The van der Waals surface area contributed by atoms with Gasteiger partial charge in [0.1, 0.15) is 11.3 Å². The number of hydrogen-bond donors (Lipinski definition) is 4. The summed E-state index contributed by atoms with van der Waals surface area (Å²) in [5.74, 6) is -1.24. The molecule has 1 aromatic rings. The predicted molar refractivity (Wildman–Crippen MR) is 77.2 cm³/mol. The average molecular weight is 279 g/mol. The summed E-state index contributed by atoms with van der Waals surface area (Å²) in [4.78, 5) is 12.8. The summed E-state index contributed by atoms with van der Waals surface area (Å²) < 4.78 is 0. The number of phenols is 1. The highest BCUT2D eigenvalue weighted by atomic mass is 16.4. The van der Waals surface area contributed by atoms with Crippen molar-refractivity contribution in [1.82, 2.24) is 4.90 Å². The molecule has 0 aliphatic rings. The van der Waals surface area contributed by atoms with Crippen LogP contribution in [0.5, 0.6) is 5.75 Å². The first-order valence-corrected chi connectivity index (χ1v) is 6.52. The van der Waals surface area contributed by atoms with Crippen LogP contribution in [-0.2, 0) is 6.42 Å². The lowest BCUT2D eigenvalue weighted by molar-refractivity contribution is 0.0692. The van der Waals surface area contributed by atoms with Crippen LogP contribution in [0.4, 0.5) is 0 Å².